The van der Waals surface area contributed by atoms with Crippen molar-refractivity contribution in [1.29, 1.82) is 0 Å². The van der Waals surface area contributed by atoms with Crippen molar-refractivity contribution in [2.75, 3.05) is 13.6 Å². The molecule has 0 aliphatic carbocycles. The minimum Gasteiger partial charge on any atom is -0.359 e. The lowest BCUT2D eigenvalue weighted by Gasteiger charge is -2.02. The minimum atomic E-state index is -0.155. The maximum atomic E-state index is 10.9. The molecule has 1 fully saturated rings. The summed E-state index contributed by atoms with van der Waals surface area (Å²) < 4.78 is 0. The number of carbonyl (C=O) groups excluding carboxylic acids is 2. The van der Waals surface area contributed by atoms with Crippen LogP contribution in [0.2, 0.25) is 0 Å². The number of hydrogen-bond acceptors (Lipinski definition) is 2. The lowest BCUT2D eigenvalue weighted by Crippen LogP contribution is -2.28. The first-order valence-electron chi connectivity index (χ1n) is 3.22. The van der Waals surface area contributed by atoms with Crippen LogP contribution in [-0.4, -0.2) is 25.4 Å². The van der Waals surface area contributed by atoms with Gasteiger partial charge in [0, 0.05) is 20.0 Å². The summed E-state index contributed by atoms with van der Waals surface area (Å²) in [5.74, 6) is -0.246. The molecule has 1 unspecified atom stereocenters. The molecule has 1 rings (SSSR count). The van der Waals surface area contributed by atoms with Gasteiger partial charge in [0.1, 0.15) is 0 Å². The van der Waals surface area contributed by atoms with Crippen molar-refractivity contribution < 1.29 is 9.59 Å². The first-order chi connectivity index (χ1) is 4.74. The summed E-state index contributed by atoms with van der Waals surface area (Å²) in [6.07, 6.45) is 0.333. The number of amides is 2. The van der Waals surface area contributed by atoms with E-state index in [1.165, 1.54) is 0 Å². The Balaban J connectivity index is 2.44. The summed E-state index contributed by atoms with van der Waals surface area (Å²) in [7, 11) is 1.57. The van der Waals surface area contributed by atoms with Gasteiger partial charge in [0.15, 0.2) is 0 Å². The van der Waals surface area contributed by atoms with E-state index in [0.29, 0.717) is 13.0 Å². The van der Waals surface area contributed by atoms with Crippen molar-refractivity contribution in [1.82, 2.24) is 10.6 Å². The van der Waals surface area contributed by atoms with E-state index in [9.17, 15) is 9.59 Å². The van der Waals surface area contributed by atoms with Crippen LogP contribution in [0.25, 0.3) is 0 Å². The Morgan fingerprint density at radius 2 is 2.50 bits per heavy atom. The van der Waals surface area contributed by atoms with Gasteiger partial charge < -0.3 is 10.6 Å². The fourth-order valence-corrected chi connectivity index (χ4v) is 0.995. The van der Waals surface area contributed by atoms with Crippen LogP contribution in [0, 0.1) is 5.92 Å². The number of nitrogens with one attached hydrogen (secondary N) is 2. The van der Waals surface area contributed by atoms with E-state index < -0.39 is 0 Å². The molecule has 2 amide bonds. The Bertz CT molecular complexity index is 167. The van der Waals surface area contributed by atoms with Crippen LogP contribution in [0.1, 0.15) is 6.42 Å². The smallest absolute Gasteiger partial charge is 0.225 e. The Morgan fingerprint density at radius 3 is 2.90 bits per heavy atom. The molecule has 0 spiro atoms. The molecule has 10 heavy (non-hydrogen) atoms. The third-order valence-electron chi connectivity index (χ3n) is 1.59. The molecule has 1 aliphatic rings. The van der Waals surface area contributed by atoms with Crippen LogP contribution in [0.3, 0.4) is 0 Å². The Labute approximate surface area is 59.0 Å². The molecule has 1 saturated heterocycles. The van der Waals surface area contributed by atoms with E-state index in [-0.39, 0.29) is 17.7 Å². The zero-order valence-corrected chi connectivity index (χ0v) is 5.81. The lowest BCUT2D eigenvalue weighted by molar-refractivity contribution is -0.126. The second kappa shape index (κ2) is 2.68. The summed E-state index contributed by atoms with van der Waals surface area (Å²) >= 11 is 0. The van der Waals surface area contributed by atoms with Crippen LogP contribution in [0.5, 0.6) is 0 Å². The normalized spacial score (nSPS) is 24.1. The zero-order valence-electron chi connectivity index (χ0n) is 5.81. The van der Waals surface area contributed by atoms with Crippen molar-refractivity contribution in [2.45, 2.75) is 6.42 Å². The zero-order chi connectivity index (χ0) is 7.56. The SMILES string of the molecule is CNC(=O)C1CNC(=O)C1. The maximum Gasteiger partial charge on any atom is 0.225 e. The molecule has 2 N–H and O–H groups in total. The van der Waals surface area contributed by atoms with Crippen LogP contribution in [0.15, 0.2) is 0 Å². The summed E-state index contributed by atoms with van der Waals surface area (Å²) in [6.45, 7) is 0.485. The highest BCUT2D eigenvalue weighted by atomic mass is 16.2. The molecule has 4 heteroatoms. The predicted octanol–water partition coefficient (Wildman–Crippen LogP) is -1.13. The number of carbonyl (C=O) groups is 2. The monoisotopic (exact) mass is 142 g/mol. The number of rotatable bonds is 1. The standard InChI is InChI=1S/C6H10N2O2/c1-7-6(10)4-2-5(9)8-3-4/h4H,2-3H2,1H3,(H,7,10)(H,8,9). The Kier molecular flexibility index (Phi) is 1.89. The second-order valence-corrected chi connectivity index (χ2v) is 2.32. The van der Waals surface area contributed by atoms with Crippen LogP contribution in [0.4, 0.5) is 0 Å². The van der Waals surface area contributed by atoms with Crippen LogP contribution < -0.4 is 10.6 Å². The average Bonchev–Trinajstić information content (AvgIpc) is 2.34. The van der Waals surface area contributed by atoms with Gasteiger partial charge in [0.2, 0.25) is 11.8 Å². The van der Waals surface area contributed by atoms with Crippen molar-refractivity contribution in [3.63, 3.8) is 0 Å². The van der Waals surface area contributed by atoms with Crippen molar-refractivity contribution >= 4 is 11.8 Å². The third-order valence-corrected chi connectivity index (χ3v) is 1.59. The lowest BCUT2D eigenvalue weighted by atomic mass is 10.1. The molecule has 0 aromatic heterocycles. The molecule has 0 aromatic carbocycles. The fraction of sp³-hybridized carbons (Fsp3) is 0.667. The van der Waals surface area contributed by atoms with E-state index in [4.69, 9.17) is 0 Å². The average molecular weight is 142 g/mol. The van der Waals surface area contributed by atoms with E-state index in [2.05, 4.69) is 10.6 Å². The van der Waals surface area contributed by atoms with E-state index in [1.54, 1.807) is 7.05 Å². The van der Waals surface area contributed by atoms with Gasteiger partial charge in [-0.25, -0.2) is 0 Å². The van der Waals surface area contributed by atoms with E-state index in [0.717, 1.165) is 0 Å². The van der Waals surface area contributed by atoms with Crippen LogP contribution in [-0.2, 0) is 9.59 Å². The van der Waals surface area contributed by atoms with Gasteiger partial charge in [-0.15, -0.1) is 0 Å². The summed E-state index contributed by atoms with van der Waals surface area (Å²) in [6, 6.07) is 0. The van der Waals surface area contributed by atoms with Crippen molar-refractivity contribution in [2.24, 2.45) is 5.92 Å². The largest absolute Gasteiger partial charge is 0.359 e. The molecule has 0 bridgehead atoms. The third kappa shape index (κ3) is 1.26. The van der Waals surface area contributed by atoms with Gasteiger partial charge in [0.05, 0.1) is 5.92 Å². The molecular weight excluding hydrogens is 132 g/mol. The highest BCUT2D eigenvalue weighted by molar-refractivity contribution is 5.88. The predicted molar refractivity (Wildman–Crippen MR) is 35.2 cm³/mol. The molecule has 0 saturated carbocycles. The molecule has 0 aromatic rings. The van der Waals surface area contributed by atoms with Crippen molar-refractivity contribution in [3.8, 4) is 0 Å². The first-order valence-corrected chi connectivity index (χ1v) is 3.22. The highest BCUT2D eigenvalue weighted by Crippen LogP contribution is 2.07. The molecule has 4 nitrogen and oxygen atoms in total. The molecule has 0 radical (unpaired) electrons. The summed E-state index contributed by atoms with van der Waals surface area (Å²) in [4.78, 5) is 21.4. The van der Waals surface area contributed by atoms with Gasteiger partial charge in [0.25, 0.3) is 0 Å². The van der Waals surface area contributed by atoms with Gasteiger partial charge in [-0.3, -0.25) is 9.59 Å². The number of hydrogen-bond donors (Lipinski definition) is 2. The summed E-state index contributed by atoms with van der Waals surface area (Å²) in [5, 5.41) is 5.08. The minimum absolute atomic E-state index is 0.0337. The van der Waals surface area contributed by atoms with E-state index >= 15 is 0 Å². The van der Waals surface area contributed by atoms with Gasteiger partial charge in [-0.2, -0.15) is 0 Å². The van der Waals surface area contributed by atoms with Crippen molar-refractivity contribution in [3.05, 3.63) is 0 Å². The maximum absolute atomic E-state index is 10.9. The van der Waals surface area contributed by atoms with Gasteiger partial charge >= 0.3 is 0 Å². The van der Waals surface area contributed by atoms with E-state index in [1.807, 2.05) is 0 Å². The molecule has 1 atom stereocenters. The Hall–Kier alpha value is -1.06. The second-order valence-electron chi connectivity index (χ2n) is 2.32. The Morgan fingerprint density at radius 1 is 1.80 bits per heavy atom. The fourth-order valence-electron chi connectivity index (χ4n) is 0.995. The molecule has 56 valence electrons. The summed E-state index contributed by atoms with van der Waals surface area (Å²) in [5.41, 5.74) is 0. The molecule has 1 aliphatic heterocycles. The van der Waals surface area contributed by atoms with Crippen LogP contribution >= 0.6 is 0 Å². The highest BCUT2D eigenvalue weighted by Gasteiger charge is 2.26. The quantitative estimate of drug-likeness (QED) is 0.486. The molecule has 1 heterocycles. The topological polar surface area (TPSA) is 58.2 Å². The van der Waals surface area contributed by atoms with Gasteiger partial charge in [-0.1, -0.05) is 0 Å². The first kappa shape index (κ1) is 7.05. The van der Waals surface area contributed by atoms with Gasteiger partial charge in [-0.05, 0) is 0 Å². The molecular formula is C6H10N2O2.